The Labute approximate surface area is 105 Å². The highest BCUT2D eigenvalue weighted by Gasteiger charge is 2.41. The van der Waals surface area contributed by atoms with Crippen LogP contribution in [-0.4, -0.2) is 45.3 Å². The van der Waals surface area contributed by atoms with E-state index in [-0.39, 0.29) is 17.5 Å². The highest BCUT2D eigenvalue weighted by atomic mass is 16.2. The van der Waals surface area contributed by atoms with Crippen LogP contribution in [0.3, 0.4) is 0 Å². The van der Waals surface area contributed by atoms with E-state index in [4.69, 9.17) is 0 Å². The Morgan fingerprint density at radius 3 is 2.72 bits per heavy atom. The van der Waals surface area contributed by atoms with Crippen LogP contribution in [0.2, 0.25) is 0 Å². The first kappa shape index (κ1) is 12.5. The zero-order valence-electron chi connectivity index (χ0n) is 10.7. The summed E-state index contributed by atoms with van der Waals surface area (Å²) in [4.78, 5) is 33.7. The standard InChI is InChI=1S/C12H16N4O2/c1-8-6-15-9(7-14-8)10(17)16-5-4-13-11(18)12(16,2)3/h6-7H,4-5H2,1-3H3,(H,13,18). The van der Waals surface area contributed by atoms with Crippen LogP contribution in [0.4, 0.5) is 0 Å². The number of carbonyl (C=O) groups excluding carboxylic acids is 2. The number of hydrogen-bond acceptors (Lipinski definition) is 4. The molecule has 1 saturated heterocycles. The minimum absolute atomic E-state index is 0.151. The number of rotatable bonds is 1. The fourth-order valence-corrected chi connectivity index (χ4v) is 1.90. The van der Waals surface area contributed by atoms with Crippen LogP contribution in [-0.2, 0) is 4.79 Å². The van der Waals surface area contributed by atoms with Gasteiger partial charge in [0.2, 0.25) is 5.91 Å². The van der Waals surface area contributed by atoms with Gasteiger partial charge >= 0.3 is 0 Å². The largest absolute Gasteiger partial charge is 0.352 e. The summed E-state index contributed by atoms with van der Waals surface area (Å²) in [7, 11) is 0. The van der Waals surface area contributed by atoms with Gasteiger partial charge in [0.1, 0.15) is 11.2 Å². The molecule has 1 aromatic rings. The maximum Gasteiger partial charge on any atom is 0.274 e. The van der Waals surface area contributed by atoms with Gasteiger partial charge < -0.3 is 10.2 Å². The summed E-state index contributed by atoms with van der Waals surface area (Å²) < 4.78 is 0. The molecule has 2 heterocycles. The normalized spacial score (nSPS) is 18.4. The third kappa shape index (κ3) is 2.05. The summed E-state index contributed by atoms with van der Waals surface area (Å²) >= 11 is 0. The Kier molecular flexibility index (Phi) is 3.02. The molecule has 1 fully saturated rings. The lowest BCUT2D eigenvalue weighted by Gasteiger charge is -2.40. The summed E-state index contributed by atoms with van der Waals surface area (Å²) in [6.45, 7) is 6.20. The molecule has 0 bridgehead atoms. The topological polar surface area (TPSA) is 75.2 Å². The zero-order chi connectivity index (χ0) is 13.3. The minimum Gasteiger partial charge on any atom is -0.352 e. The summed E-state index contributed by atoms with van der Waals surface area (Å²) in [5.74, 6) is -0.412. The molecule has 2 rings (SSSR count). The van der Waals surface area contributed by atoms with E-state index in [1.54, 1.807) is 27.0 Å². The van der Waals surface area contributed by atoms with Gasteiger partial charge in [-0.3, -0.25) is 14.6 Å². The van der Waals surface area contributed by atoms with Gasteiger partial charge in [0.05, 0.1) is 11.9 Å². The molecule has 0 saturated carbocycles. The molecule has 2 amide bonds. The van der Waals surface area contributed by atoms with E-state index >= 15 is 0 Å². The van der Waals surface area contributed by atoms with Gasteiger partial charge in [-0.15, -0.1) is 0 Å². The quantitative estimate of drug-likeness (QED) is 0.767. The highest BCUT2D eigenvalue weighted by Crippen LogP contribution is 2.19. The molecule has 18 heavy (non-hydrogen) atoms. The number of aromatic nitrogens is 2. The van der Waals surface area contributed by atoms with Crippen LogP contribution in [0.15, 0.2) is 12.4 Å². The predicted molar refractivity (Wildman–Crippen MR) is 64.9 cm³/mol. The van der Waals surface area contributed by atoms with E-state index in [2.05, 4.69) is 15.3 Å². The average molecular weight is 248 g/mol. The smallest absolute Gasteiger partial charge is 0.274 e. The van der Waals surface area contributed by atoms with Gasteiger partial charge in [0.25, 0.3) is 5.91 Å². The van der Waals surface area contributed by atoms with E-state index in [1.807, 2.05) is 0 Å². The molecular weight excluding hydrogens is 232 g/mol. The average Bonchev–Trinajstić information content (AvgIpc) is 2.33. The van der Waals surface area contributed by atoms with Crippen molar-refractivity contribution < 1.29 is 9.59 Å². The molecule has 1 N–H and O–H groups in total. The van der Waals surface area contributed by atoms with E-state index < -0.39 is 5.54 Å². The minimum atomic E-state index is -0.859. The Balaban J connectivity index is 2.28. The maximum atomic E-state index is 12.3. The molecular formula is C12H16N4O2. The van der Waals surface area contributed by atoms with Crippen molar-refractivity contribution in [3.05, 3.63) is 23.8 Å². The number of amides is 2. The molecule has 96 valence electrons. The van der Waals surface area contributed by atoms with E-state index in [9.17, 15) is 9.59 Å². The van der Waals surface area contributed by atoms with Crippen LogP contribution < -0.4 is 5.32 Å². The lowest BCUT2D eigenvalue weighted by Crippen LogP contribution is -2.63. The first-order chi connectivity index (χ1) is 8.43. The summed E-state index contributed by atoms with van der Waals surface area (Å²) in [5.41, 5.74) is 0.160. The van der Waals surface area contributed by atoms with Gasteiger partial charge in [-0.2, -0.15) is 0 Å². The fourth-order valence-electron chi connectivity index (χ4n) is 1.90. The fraction of sp³-hybridized carbons (Fsp3) is 0.500. The molecule has 0 aliphatic carbocycles. The van der Waals surface area contributed by atoms with Crippen molar-refractivity contribution >= 4 is 11.8 Å². The first-order valence-electron chi connectivity index (χ1n) is 5.82. The van der Waals surface area contributed by atoms with E-state index in [0.717, 1.165) is 5.69 Å². The van der Waals surface area contributed by atoms with Crippen LogP contribution >= 0.6 is 0 Å². The van der Waals surface area contributed by atoms with Crippen molar-refractivity contribution in [2.45, 2.75) is 26.3 Å². The number of nitrogens with zero attached hydrogens (tertiary/aromatic N) is 3. The Morgan fingerprint density at radius 1 is 1.39 bits per heavy atom. The van der Waals surface area contributed by atoms with Crippen molar-refractivity contribution in [2.75, 3.05) is 13.1 Å². The lowest BCUT2D eigenvalue weighted by molar-refractivity contribution is -0.133. The molecule has 1 aromatic heterocycles. The predicted octanol–water partition coefficient (Wildman–Crippen LogP) is 0.136. The maximum absolute atomic E-state index is 12.3. The van der Waals surface area contributed by atoms with Crippen molar-refractivity contribution in [3.63, 3.8) is 0 Å². The molecule has 6 heteroatoms. The molecule has 1 aliphatic heterocycles. The summed E-state index contributed by atoms with van der Waals surface area (Å²) in [6, 6.07) is 0. The van der Waals surface area contributed by atoms with E-state index in [0.29, 0.717) is 13.1 Å². The number of piperazine rings is 1. The van der Waals surface area contributed by atoms with Gasteiger partial charge in [-0.05, 0) is 20.8 Å². The van der Waals surface area contributed by atoms with Crippen LogP contribution in [0, 0.1) is 6.92 Å². The van der Waals surface area contributed by atoms with Crippen molar-refractivity contribution in [3.8, 4) is 0 Å². The molecule has 6 nitrogen and oxygen atoms in total. The highest BCUT2D eigenvalue weighted by molar-refractivity contribution is 5.98. The van der Waals surface area contributed by atoms with Crippen molar-refractivity contribution in [2.24, 2.45) is 0 Å². The Hall–Kier alpha value is -1.98. The number of hydrogen-bond donors (Lipinski definition) is 1. The number of nitrogens with one attached hydrogen (secondary N) is 1. The second kappa shape index (κ2) is 4.36. The second-order valence-corrected chi connectivity index (χ2v) is 4.81. The number of aryl methyl sites for hydroxylation is 1. The first-order valence-corrected chi connectivity index (χ1v) is 5.82. The second-order valence-electron chi connectivity index (χ2n) is 4.81. The molecule has 0 spiro atoms. The lowest BCUT2D eigenvalue weighted by atomic mass is 9.98. The molecule has 0 atom stereocenters. The van der Waals surface area contributed by atoms with Crippen LogP contribution in [0.5, 0.6) is 0 Å². The van der Waals surface area contributed by atoms with Crippen molar-refractivity contribution in [1.29, 1.82) is 0 Å². The summed E-state index contributed by atoms with van der Waals surface area (Å²) in [6.07, 6.45) is 2.99. The van der Waals surface area contributed by atoms with Gasteiger partial charge in [0, 0.05) is 19.3 Å². The SMILES string of the molecule is Cc1cnc(C(=O)N2CCNC(=O)C2(C)C)cn1. The summed E-state index contributed by atoms with van der Waals surface area (Å²) in [5, 5.41) is 2.75. The molecule has 1 aliphatic rings. The van der Waals surface area contributed by atoms with Crippen molar-refractivity contribution in [1.82, 2.24) is 20.2 Å². The molecule has 0 unspecified atom stereocenters. The molecule has 0 radical (unpaired) electrons. The van der Waals surface area contributed by atoms with Gasteiger partial charge in [-0.1, -0.05) is 0 Å². The van der Waals surface area contributed by atoms with Gasteiger partial charge in [-0.25, -0.2) is 4.98 Å². The van der Waals surface area contributed by atoms with E-state index in [1.165, 1.54) is 11.1 Å². The zero-order valence-corrected chi connectivity index (χ0v) is 10.7. The van der Waals surface area contributed by atoms with Crippen LogP contribution in [0.25, 0.3) is 0 Å². The monoisotopic (exact) mass is 248 g/mol. The Morgan fingerprint density at radius 2 is 2.11 bits per heavy atom. The van der Waals surface area contributed by atoms with Gasteiger partial charge in [0.15, 0.2) is 0 Å². The third-order valence-corrected chi connectivity index (χ3v) is 3.10. The third-order valence-electron chi connectivity index (χ3n) is 3.10. The molecule has 0 aromatic carbocycles. The van der Waals surface area contributed by atoms with Crippen LogP contribution in [0.1, 0.15) is 30.0 Å². The Bertz CT molecular complexity index is 481. The number of carbonyl (C=O) groups is 2.